The molecule has 0 fully saturated rings. The summed E-state index contributed by atoms with van der Waals surface area (Å²) in [6.07, 6.45) is 0. The van der Waals surface area contributed by atoms with Crippen molar-refractivity contribution >= 4 is 34.2 Å². The third-order valence-electron chi connectivity index (χ3n) is 3.05. The first-order valence-corrected chi connectivity index (χ1v) is 7.35. The normalized spacial score (nSPS) is 10.2. The minimum atomic E-state index is -0.307. The van der Waals surface area contributed by atoms with Crippen LogP contribution in [0.15, 0.2) is 42.5 Å². The van der Waals surface area contributed by atoms with Crippen LogP contribution in [-0.2, 0) is 11.3 Å². The minimum absolute atomic E-state index is 0.307. The van der Waals surface area contributed by atoms with Gasteiger partial charge in [-0.2, -0.15) is 0 Å². The molecule has 2 aromatic carbocycles. The van der Waals surface area contributed by atoms with Crippen LogP contribution in [0.3, 0.4) is 0 Å². The molecule has 0 amide bonds. The fourth-order valence-corrected chi connectivity index (χ4v) is 2.55. The van der Waals surface area contributed by atoms with Crippen molar-refractivity contribution in [2.24, 2.45) is 0 Å². The Labute approximate surface area is 132 Å². The average Bonchev–Trinajstić information content (AvgIpc) is 2.46. The van der Waals surface area contributed by atoms with Gasteiger partial charge in [0.25, 0.3) is 0 Å². The quantitative estimate of drug-likeness (QED) is 0.643. The van der Waals surface area contributed by atoms with E-state index in [-0.39, 0.29) is 5.97 Å². The first-order valence-electron chi connectivity index (χ1n) is 6.27. The van der Waals surface area contributed by atoms with Gasteiger partial charge in [0, 0.05) is 15.8 Å². The molecule has 0 bridgehead atoms. The van der Waals surface area contributed by atoms with E-state index in [1.807, 2.05) is 12.1 Å². The first-order chi connectivity index (χ1) is 9.60. The van der Waals surface area contributed by atoms with Gasteiger partial charge in [0.05, 0.1) is 12.7 Å². The Morgan fingerprint density at radius 2 is 1.90 bits per heavy atom. The molecule has 0 atom stereocenters. The van der Waals surface area contributed by atoms with E-state index in [9.17, 15) is 4.79 Å². The molecule has 0 unspecified atom stereocenters. The summed E-state index contributed by atoms with van der Waals surface area (Å²) < 4.78 is 5.91. The predicted molar refractivity (Wildman–Crippen MR) is 89.0 cm³/mol. The second kappa shape index (κ2) is 6.74. The summed E-state index contributed by atoms with van der Waals surface area (Å²) in [5, 5.41) is 3.40. The van der Waals surface area contributed by atoms with Crippen LogP contribution in [0.2, 0.25) is 0 Å². The Kier molecular flexibility index (Phi) is 5.00. The topological polar surface area (TPSA) is 38.3 Å². The molecule has 0 aromatic heterocycles. The highest BCUT2D eigenvalue weighted by Crippen LogP contribution is 2.18. The van der Waals surface area contributed by atoms with Crippen molar-refractivity contribution in [1.82, 2.24) is 0 Å². The van der Waals surface area contributed by atoms with Gasteiger partial charge in [-0.25, -0.2) is 4.79 Å². The van der Waals surface area contributed by atoms with Crippen LogP contribution in [0.4, 0.5) is 5.69 Å². The molecule has 0 aliphatic carbocycles. The van der Waals surface area contributed by atoms with Crippen LogP contribution in [0.5, 0.6) is 0 Å². The van der Waals surface area contributed by atoms with Crippen molar-refractivity contribution in [3.05, 3.63) is 62.7 Å². The SMILES string of the molecule is COC(=O)c1ccc(CNc2ccc(I)cc2C)cc1. The van der Waals surface area contributed by atoms with Crippen molar-refractivity contribution in [3.8, 4) is 0 Å². The van der Waals surface area contributed by atoms with Crippen molar-refractivity contribution in [2.75, 3.05) is 12.4 Å². The van der Waals surface area contributed by atoms with Gasteiger partial charge in [-0.15, -0.1) is 0 Å². The zero-order valence-electron chi connectivity index (χ0n) is 11.4. The van der Waals surface area contributed by atoms with Crippen molar-refractivity contribution < 1.29 is 9.53 Å². The van der Waals surface area contributed by atoms with Crippen LogP contribution in [0.1, 0.15) is 21.5 Å². The smallest absolute Gasteiger partial charge is 0.337 e. The summed E-state index contributed by atoms with van der Waals surface area (Å²) in [4.78, 5) is 11.3. The number of benzene rings is 2. The van der Waals surface area contributed by atoms with Gasteiger partial charge in [-0.1, -0.05) is 12.1 Å². The van der Waals surface area contributed by atoms with Crippen LogP contribution < -0.4 is 5.32 Å². The largest absolute Gasteiger partial charge is 0.465 e. The average molecular weight is 381 g/mol. The third kappa shape index (κ3) is 3.72. The molecule has 0 heterocycles. The van der Waals surface area contributed by atoms with E-state index >= 15 is 0 Å². The minimum Gasteiger partial charge on any atom is -0.465 e. The number of rotatable bonds is 4. The molecule has 20 heavy (non-hydrogen) atoms. The number of carbonyl (C=O) groups is 1. The number of aryl methyl sites for hydroxylation is 1. The lowest BCUT2D eigenvalue weighted by molar-refractivity contribution is 0.0600. The summed E-state index contributed by atoms with van der Waals surface area (Å²) in [5.74, 6) is -0.307. The lowest BCUT2D eigenvalue weighted by atomic mass is 10.1. The highest BCUT2D eigenvalue weighted by Gasteiger charge is 2.04. The number of hydrogen-bond donors (Lipinski definition) is 1. The number of methoxy groups -OCH3 is 1. The maximum atomic E-state index is 11.3. The van der Waals surface area contributed by atoms with Crippen LogP contribution in [-0.4, -0.2) is 13.1 Å². The molecule has 0 saturated heterocycles. The Hall–Kier alpha value is -1.56. The van der Waals surface area contributed by atoms with Crippen LogP contribution in [0, 0.1) is 10.5 Å². The number of ether oxygens (including phenoxy) is 1. The lowest BCUT2D eigenvalue weighted by Gasteiger charge is -2.10. The van der Waals surface area contributed by atoms with E-state index in [1.165, 1.54) is 16.2 Å². The maximum Gasteiger partial charge on any atom is 0.337 e. The Morgan fingerprint density at radius 1 is 1.20 bits per heavy atom. The summed E-state index contributed by atoms with van der Waals surface area (Å²) in [6.45, 7) is 2.81. The second-order valence-corrected chi connectivity index (χ2v) is 5.75. The highest BCUT2D eigenvalue weighted by atomic mass is 127. The van der Waals surface area contributed by atoms with Gasteiger partial charge < -0.3 is 10.1 Å². The zero-order chi connectivity index (χ0) is 14.5. The number of hydrogen-bond acceptors (Lipinski definition) is 3. The van der Waals surface area contributed by atoms with E-state index < -0.39 is 0 Å². The number of anilines is 1. The van der Waals surface area contributed by atoms with Crippen molar-refractivity contribution in [2.45, 2.75) is 13.5 Å². The number of nitrogens with one attached hydrogen (secondary N) is 1. The van der Waals surface area contributed by atoms with Crippen molar-refractivity contribution in [3.63, 3.8) is 0 Å². The van der Waals surface area contributed by atoms with Gasteiger partial charge in [0.2, 0.25) is 0 Å². The van der Waals surface area contributed by atoms with E-state index in [0.717, 1.165) is 17.8 Å². The molecule has 3 nitrogen and oxygen atoms in total. The van der Waals surface area contributed by atoms with E-state index in [0.29, 0.717) is 5.56 Å². The highest BCUT2D eigenvalue weighted by molar-refractivity contribution is 14.1. The van der Waals surface area contributed by atoms with Crippen LogP contribution in [0.25, 0.3) is 0 Å². The Balaban J connectivity index is 2.02. The summed E-state index contributed by atoms with van der Waals surface area (Å²) in [5.41, 5.74) is 4.04. The van der Waals surface area contributed by atoms with Crippen molar-refractivity contribution in [1.29, 1.82) is 0 Å². The number of carbonyl (C=O) groups excluding carboxylic acids is 1. The molecular formula is C16H16INO2. The monoisotopic (exact) mass is 381 g/mol. The fourth-order valence-electron chi connectivity index (χ4n) is 1.90. The summed E-state index contributed by atoms with van der Waals surface area (Å²) in [6, 6.07) is 13.7. The molecule has 0 spiro atoms. The van der Waals surface area contributed by atoms with Gasteiger partial charge >= 0.3 is 5.97 Å². The van der Waals surface area contributed by atoms with Gasteiger partial charge in [-0.3, -0.25) is 0 Å². The molecule has 1 N–H and O–H groups in total. The lowest BCUT2D eigenvalue weighted by Crippen LogP contribution is -2.03. The van der Waals surface area contributed by atoms with Gasteiger partial charge in [-0.05, 0) is 71.0 Å². The van der Waals surface area contributed by atoms with E-state index in [4.69, 9.17) is 0 Å². The number of esters is 1. The molecule has 4 heteroatoms. The molecule has 2 rings (SSSR count). The Bertz CT molecular complexity index is 608. The zero-order valence-corrected chi connectivity index (χ0v) is 13.6. The summed E-state index contributed by atoms with van der Waals surface area (Å²) in [7, 11) is 1.39. The molecule has 0 aliphatic heterocycles. The maximum absolute atomic E-state index is 11.3. The third-order valence-corrected chi connectivity index (χ3v) is 3.72. The molecular weight excluding hydrogens is 365 g/mol. The molecule has 0 saturated carbocycles. The molecule has 0 aliphatic rings. The van der Waals surface area contributed by atoms with E-state index in [1.54, 1.807) is 12.1 Å². The molecule has 104 valence electrons. The molecule has 0 radical (unpaired) electrons. The van der Waals surface area contributed by atoms with Gasteiger partial charge in [0.15, 0.2) is 0 Å². The fraction of sp³-hybridized carbons (Fsp3) is 0.188. The van der Waals surface area contributed by atoms with E-state index in [2.05, 4.69) is 57.8 Å². The van der Waals surface area contributed by atoms with Crippen LogP contribution >= 0.6 is 22.6 Å². The predicted octanol–water partition coefficient (Wildman–Crippen LogP) is 4.00. The Morgan fingerprint density at radius 3 is 2.50 bits per heavy atom. The molecule has 2 aromatic rings. The second-order valence-electron chi connectivity index (χ2n) is 4.50. The summed E-state index contributed by atoms with van der Waals surface area (Å²) >= 11 is 2.30. The number of halogens is 1. The first kappa shape index (κ1) is 14.8. The van der Waals surface area contributed by atoms with Gasteiger partial charge in [0.1, 0.15) is 0 Å². The standard InChI is InChI=1S/C16H16INO2/c1-11-9-14(17)7-8-15(11)18-10-12-3-5-13(6-4-12)16(19)20-2/h3-9,18H,10H2,1-2H3.